The molecular weight excluding hydrogens is 596 g/mol. The molecule has 48 heavy (non-hydrogen) atoms. The molecule has 0 fully saturated rings. The van der Waals surface area contributed by atoms with E-state index < -0.39 is 11.1 Å². The van der Waals surface area contributed by atoms with Crippen molar-refractivity contribution in [3.63, 3.8) is 0 Å². The van der Waals surface area contributed by atoms with Crippen molar-refractivity contribution in [2.24, 2.45) is 0 Å². The average molecular weight is 629 g/mol. The van der Waals surface area contributed by atoms with Gasteiger partial charge in [-0.05, 0) is 90.1 Å². The summed E-state index contributed by atoms with van der Waals surface area (Å²) in [5.41, 5.74) is -0.274. The third kappa shape index (κ3) is 4.86. The fourth-order valence-corrected chi connectivity index (χ4v) is 6.49. The molecule has 0 saturated carbocycles. The van der Waals surface area contributed by atoms with Gasteiger partial charge in [0, 0.05) is 54.9 Å². The van der Waals surface area contributed by atoms with E-state index in [4.69, 9.17) is 0 Å². The maximum absolute atomic E-state index is 13.8. The minimum absolute atomic E-state index is 0.290. The fourth-order valence-electron chi connectivity index (χ4n) is 6.49. The van der Waals surface area contributed by atoms with E-state index in [1.165, 1.54) is 9.13 Å². The molecule has 0 aliphatic rings. The Bertz CT molecular complexity index is 2490. The Balaban J connectivity index is 1.74. The molecule has 0 bridgehead atoms. The van der Waals surface area contributed by atoms with Gasteiger partial charge in [0.15, 0.2) is 0 Å². The Morgan fingerprint density at radius 2 is 0.667 bits per heavy atom. The maximum atomic E-state index is 13.8. The summed E-state index contributed by atoms with van der Waals surface area (Å²) in [5.74, 6) is 13.2. The van der Waals surface area contributed by atoms with Crippen LogP contribution in [0.3, 0.4) is 0 Å². The highest BCUT2D eigenvalue weighted by Crippen LogP contribution is 2.36. The second-order valence-corrected chi connectivity index (χ2v) is 14.1. The molecule has 0 aliphatic heterocycles. The summed E-state index contributed by atoms with van der Waals surface area (Å²) in [6, 6.07) is 26.0. The lowest BCUT2D eigenvalue weighted by Gasteiger charge is -2.18. The summed E-state index contributed by atoms with van der Waals surface area (Å²) in [4.78, 5) is 55.1. The number of benzene rings is 5. The minimum Gasteiger partial charge on any atom is -0.269 e. The molecule has 0 radical (unpaired) electrons. The highest BCUT2D eigenvalue weighted by Gasteiger charge is 2.27. The first-order valence-corrected chi connectivity index (χ1v) is 15.8. The van der Waals surface area contributed by atoms with Crippen molar-refractivity contribution in [1.82, 2.24) is 9.13 Å². The standard InChI is InChI=1S/C42H32N2O4/c1-41(2,3)43-37(45)33-21-29-27(19-17-25-13-9-7-10-14-25)31-23-35-36(40(48)44(39(35)47)42(4,5)6)24-32(31)28(30(29)22-34(33)38(43)46)20-18-26-15-11-8-12-16-26/h7-16,21-24H,1-6H3. The summed E-state index contributed by atoms with van der Waals surface area (Å²) < 4.78 is 2.57. The number of aromatic nitrogens is 2. The van der Waals surface area contributed by atoms with E-state index in [2.05, 4.69) is 23.7 Å². The number of fused-ring (bicyclic) bond motifs is 4. The maximum Gasteiger partial charge on any atom is 0.262 e. The molecular formula is C42H32N2O4. The third-order valence-electron chi connectivity index (χ3n) is 8.68. The Morgan fingerprint density at radius 3 is 0.917 bits per heavy atom. The van der Waals surface area contributed by atoms with E-state index in [0.29, 0.717) is 32.7 Å². The molecule has 0 N–H and O–H groups in total. The first kappa shape index (κ1) is 30.7. The van der Waals surface area contributed by atoms with Crippen molar-refractivity contribution in [3.05, 3.63) is 149 Å². The van der Waals surface area contributed by atoms with Gasteiger partial charge in [0.2, 0.25) is 0 Å². The number of rotatable bonds is 0. The highest BCUT2D eigenvalue weighted by atomic mass is 16.2. The van der Waals surface area contributed by atoms with E-state index in [1.807, 2.05) is 102 Å². The number of nitrogens with zero attached hydrogens (tertiary/aromatic N) is 2. The van der Waals surface area contributed by atoms with Crippen LogP contribution in [0.15, 0.2) is 104 Å². The van der Waals surface area contributed by atoms with Crippen molar-refractivity contribution in [2.75, 3.05) is 0 Å². The van der Waals surface area contributed by atoms with Gasteiger partial charge in [0.05, 0.1) is 21.5 Å². The Kier molecular flexibility index (Phi) is 6.89. The first-order valence-electron chi connectivity index (χ1n) is 15.8. The molecule has 0 saturated heterocycles. The van der Waals surface area contributed by atoms with Gasteiger partial charge < -0.3 is 0 Å². The Hall–Kier alpha value is -5.98. The van der Waals surface area contributed by atoms with Gasteiger partial charge >= 0.3 is 0 Å². The highest BCUT2D eigenvalue weighted by molar-refractivity contribution is 6.16. The Labute approximate surface area is 276 Å². The molecule has 6 nitrogen and oxygen atoms in total. The second-order valence-electron chi connectivity index (χ2n) is 14.1. The normalized spacial score (nSPS) is 12.0. The van der Waals surface area contributed by atoms with Crippen molar-refractivity contribution >= 4 is 43.1 Å². The quantitative estimate of drug-likeness (QED) is 0.141. The van der Waals surface area contributed by atoms with E-state index in [-0.39, 0.29) is 43.8 Å². The topological polar surface area (TPSA) is 78.1 Å². The van der Waals surface area contributed by atoms with E-state index in [0.717, 1.165) is 11.1 Å². The molecule has 6 heteroatoms. The largest absolute Gasteiger partial charge is 0.269 e. The number of hydrogen-bond donors (Lipinski definition) is 0. The van der Waals surface area contributed by atoms with Crippen LogP contribution in [0.1, 0.15) is 63.8 Å². The van der Waals surface area contributed by atoms with Crippen LogP contribution in [0.5, 0.6) is 0 Å². The van der Waals surface area contributed by atoms with Gasteiger partial charge in [0.1, 0.15) is 0 Å². The summed E-state index contributed by atoms with van der Waals surface area (Å²) in [5, 5.41) is 3.67. The van der Waals surface area contributed by atoms with Gasteiger partial charge in [-0.1, -0.05) is 60.1 Å². The average Bonchev–Trinajstić information content (AvgIpc) is 3.45. The van der Waals surface area contributed by atoms with Crippen LogP contribution >= 0.6 is 0 Å². The minimum atomic E-state index is -0.740. The Morgan fingerprint density at radius 1 is 0.396 bits per heavy atom. The van der Waals surface area contributed by atoms with Crippen LogP contribution in [-0.2, 0) is 11.1 Å². The lowest BCUT2D eigenvalue weighted by atomic mass is 9.89. The summed E-state index contributed by atoms with van der Waals surface area (Å²) in [7, 11) is 0. The summed E-state index contributed by atoms with van der Waals surface area (Å²) in [6.07, 6.45) is 0. The zero-order valence-corrected chi connectivity index (χ0v) is 27.6. The SMILES string of the molecule is CC(C)(C)n1c(=O)c2cc3c(C#Cc4ccccc4)c4cc5c(=O)n(C(C)(C)C)c(=O)c5cc4c(C#Cc4ccccc4)c3cc2c1=O. The van der Waals surface area contributed by atoms with Gasteiger partial charge in [-0.3, -0.25) is 28.3 Å². The van der Waals surface area contributed by atoms with Crippen molar-refractivity contribution in [2.45, 2.75) is 52.6 Å². The smallest absolute Gasteiger partial charge is 0.262 e. The number of hydrogen-bond acceptors (Lipinski definition) is 4. The lowest BCUT2D eigenvalue weighted by Crippen LogP contribution is -2.38. The molecule has 0 spiro atoms. The monoisotopic (exact) mass is 628 g/mol. The summed E-state index contributed by atoms with van der Waals surface area (Å²) in [6.45, 7) is 11.0. The second kappa shape index (κ2) is 10.8. The molecule has 234 valence electrons. The van der Waals surface area contributed by atoms with E-state index in [1.54, 1.807) is 24.3 Å². The molecule has 0 atom stereocenters. The van der Waals surface area contributed by atoms with Gasteiger partial charge in [-0.25, -0.2) is 0 Å². The molecule has 0 amide bonds. The van der Waals surface area contributed by atoms with Crippen LogP contribution in [0.4, 0.5) is 0 Å². The molecule has 2 aromatic heterocycles. The van der Waals surface area contributed by atoms with Crippen LogP contribution in [-0.4, -0.2) is 9.13 Å². The molecule has 0 aliphatic carbocycles. The van der Waals surface area contributed by atoms with Crippen molar-refractivity contribution in [1.29, 1.82) is 0 Å². The van der Waals surface area contributed by atoms with Crippen LogP contribution in [0, 0.1) is 23.7 Å². The zero-order chi connectivity index (χ0) is 34.1. The predicted octanol–water partition coefficient (Wildman–Crippen LogP) is 6.53. The molecule has 5 aromatic carbocycles. The van der Waals surface area contributed by atoms with Gasteiger partial charge in [-0.2, -0.15) is 0 Å². The molecule has 7 aromatic rings. The van der Waals surface area contributed by atoms with Crippen LogP contribution in [0.2, 0.25) is 0 Å². The summed E-state index contributed by atoms with van der Waals surface area (Å²) >= 11 is 0. The van der Waals surface area contributed by atoms with E-state index in [9.17, 15) is 19.2 Å². The molecule has 2 heterocycles. The van der Waals surface area contributed by atoms with Crippen LogP contribution in [0.25, 0.3) is 43.1 Å². The van der Waals surface area contributed by atoms with Crippen molar-refractivity contribution in [3.8, 4) is 23.7 Å². The van der Waals surface area contributed by atoms with E-state index >= 15 is 0 Å². The van der Waals surface area contributed by atoms with Crippen molar-refractivity contribution < 1.29 is 0 Å². The zero-order valence-electron chi connectivity index (χ0n) is 27.6. The lowest BCUT2D eigenvalue weighted by molar-refractivity contribution is 0.380. The fraction of sp³-hybridized carbons (Fsp3) is 0.190. The first-order chi connectivity index (χ1) is 22.8. The molecule has 0 unspecified atom stereocenters. The van der Waals surface area contributed by atoms with Gasteiger partial charge in [0.25, 0.3) is 22.2 Å². The molecule has 7 rings (SSSR count). The van der Waals surface area contributed by atoms with Gasteiger partial charge in [-0.15, -0.1) is 0 Å². The third-order valence-corrected chi connectivity index (χ3v) is 8.68. The predicted molar refractivity (Wildman–Crippen MR) is 195 cm³/mol. The van der Waals surface area contributed by atoms with Crippen LogP contribution < -0.4 is 22.2 Å².